The van der Waals surface area contributed by atoms with Crippen molar-refractivity contribution < 1.29 is 69.0 Å². The van der Waals surface area contributed by atoms with Gasteiger partial charge < -0.3 is 64.2 Å². The largest absolute Gasteiger partial charge is 0.479 e. The first-order valence-corrected chi connectivity index (χ1v) is 14.0. The lowest BCUT2D eigenvalue weighted by atomic mass is 9.64. The molecular weight excluding hydrogens is 536 g/mol. The van der Waals surface area contributed by atoms with E-state index in [1.807, 2.05) is 0 Å². The SMILES string of the molecule is COC1CC(C2OC3CC(O)CC4OC(C(=O)O)CC(C2OC2OC(CO)C(O)C(O)C2O)C43)CC(OC)C1O. The highest BCUT2D eigenvalue weighted by molar-refractivity contribution is 5.72. The van der Waals surface area contributed by atoms with Crippen LogP contribution in [0.5, 0.6) is 0 Å². The highest BCUT2D eigenvalue weighted by atomic mass is 16.7. The van der Waals surface area contributed by atoms with Crippen LogP contribution in [0, 0.1) is 17.8 Å². The number of rotatable bonds is 7. The molecule has 5 fully saturated rings. The van der Waals surface area contributed by atoms with Gasteiger partial charge in [-0.25, -0.2) is 4.79 Å². The molecular formula is C26H42O14. The van der Waals surface area contributed by atoms with Gasteiger partial charge in [0.05, 0.1) is 49.3 Å². The number of hydrogen-bond donors (Lipinski definition) is 7. The first kappa shape index (κ1) is 30.4. The van der Waals surface area contributed by atoms with E-state index in [1.54, 1.807) is 0 Å². The zero-order chi connectivity index (χ0) is 28.9. The van der Waals surface area contributed by atoms with Gasteiger partial charge in [-0.3, -0.25) is 0 Å². The highest BCUT2D eigenvalue weighted by Gasteiger charge is 2.60. The van der Waals surface area contributed by atoms with E-state index in [-0.39, 0.29) is 24.7 Å². The maximum atomic E-state index is 12.1. The summed E-state index contributed by atoms with van der Waals surface area (Å²) in [6.45, 7) is -0.635. The summed E-state index contributed by atoms with van der Waals surface area (Å²) in [5.74, 6) is -2.24. The predicted molar refractivity (Wildman–Crippen MR) is 131 cm³/mol. The smallest absolute Gasteiger partial charge is 0.332 e. The molecule has 0 spiro atoms. The summed E-state index contributed by atoms with van der Waals surface area (Å²) in [7, 11) is 2.97. The van der Waals surface area contributed by atoms with Crippen LogP contribution in [0.4, 0.5) is 0 Å². The van der Waals surface area contributed by atoms with Crippen molar-refractivity contribution in [1.29, 1.82) is 0 Å². The Balaban J connectivity index is 1.51. The second-order valence-corrected chi connectivity index (χ2v) is 11.8. The van der Waals surface area contributed by atoms with Crippen molar-refractivity contribution in [3.63, 3.8) is 0 Å². The fraction of sp³-hybridized carbons (Fsp3) is 0.962. The van der Waals surface area contributed by atoms with E-state index in [2.05, 4.69) is 0 Å². The molecule has 0 aromatic heterocycles. The number of aliphatic hydroxyl groups excluding tert-OH is 6. The Morgan fingerprint density at radius 3 is 2.00 bits per heavy atom. The number of methoxy groups -OCH3 is 2. The Kier molecular flexibility index (Phi) is 9.37. The van der Waals surface area contributed by atoms with Crippen molar-refractivity contribution in [2.45, 2.75) is 118 Å². The molecule has 2 aliphatic carbocycles. The Bertz CT molecular complexity index is 860. The Labute approximate surface area is 231 Å². The van der Waals surface area contributed by atoms with Gasteiger partial charge >= 0.3 is 5.97 Å². The maximum absolute atomic E-state index is 12.1. The van der Waals surface area contributed by atoms with Gasteiger partial charge in [-0.2, -0.15) is 0 Å². The molecule has 5 rings (SSSR count). The minimum Gasteiger partial charge on any atom is -0.479 e. The molecule has 0 amide bonds. The fourth-order valence-corrected chi connectivity index (χ4v) is 7.58. The van der Waals surface area contributed by atoms with Crippen molar-refractivity contribution in [2.24, 2.45) is 17.8 Å². The second-order valence-electron chi connectivity index (χ2n) is 11.8. The van der Waals surface area contributed by atoms with Crippen LogP contribution in [0.15, 0.2) is 0 Å². The number of ether oxygens (including phenoxy) is 6. The van der Waals surface area contributed by atoms with Crippen molar-refractivity contribution in [3.05, 3.63) is 0 Å². The molecule has 2 saturated carbocycles. The minimum atomic E-state index is -1.66. The van der Waals surface area contributed by atoms with E-state index in [0.717, 1.165) is 0 Å². The van der Waals surface area contributed by atoms with Crippen LogP contribution in [0.3, 0.4) is 0 Å². The van der Waals surface area contributed by atoms with Crippen LogP contribution in [0.25, 0.3) is 0 Å². The molecule has 0 bridgehead atoms. The van der Waals surface area contributed by atoms with Crippen LogP contribution in [-0.2, 0) is 33.2 Å². The molecule has 14 heteroatoms. The first-order valence-electron chi connectivity index (χ1n) is 14.0. The van der Waals surface area contributed by atoms with Gasteiger partial charge in [0.1, 0.15) is 30.5 Å². The van der Waals surface area contributed by atoms with E-state index in [4.69, 9.17) is 28.4 Å². The molecule has 3 aliphatic heterocycles. The topological polar surface area (TPSA) is 214 Å². The molecule has 3 heterocycles. The maximum Gasteiger partial charge on any atom is 0.332 e. The molecule has 15 unspecified atom stereocenters. The van der Waals surface area contributed by atoms with Crippen molar-refractivity contribution in [3.8, 4) is 0 Å². The van der Waals surface area contributed by atoms with E-state index in [1.165, 1.54) is 14.2 Å². The third-order valence-electron chi connectivity index (χ3n) is 9.58. The minimum absolute atomic E-state index is 0.0712. The molecule has 15 atom stereocenters. The third-order valence-corrected chi connectivity index (χ3v) is 9.58. The fourth-order valence-electron chi connectivity index (χ4n) is 7.58. The monoisotopic (exact) mass is 578 g/mol. The van der Waals surface area contributed by atoms with E-state index >= 15 is 0 Å². The van der Waals surface area contributed by atoms with Crippen LogP contribution >= 0.6 is 0 Å². The van der Waals surface area contributed by atoms with Crippen LogP contribution in [-0.4, -0.2) is 148 Å². The van der Waals surface area contributed by atoms with E-state index < -0.39 is 104 Å². The lowest BCUT2D eigenvalue weighted by Crippen LogP contribution is -2.67. The first-order chi connectivity index (χ1) is 19.1. The molecule has 40 heavy (non-hydrogen) atoms. The quantitative estimate of drug-likeness (QED) is 0.165. The summed E-state index contributed by atoms with van der Waals surface area (Å²) < 4.78 is 35.7. The molecule has 7 N–H and O–H groups in total. The third kappa shape index (κ3) is 5.54. The molecule has 230 valence electrons. The number of aliphatic hydroxyl groups is 6. The molecule has 0 aromatic carbocycles. The molecule has 14 nitrogen and oxygen atoms in total. The van der Waals surface area contributed by atoms with Gasteiger partial charge in [-0.05, 0) is 37.5 Å². The van der Waals surface area contributed by atoms with Gasteiger partial charge in [-0.1, -0.05) is 0 Å². The summed E-state index contributed by atoms with van der Waals surface area (Å²) in [4.78, 5) is 12.1. The summed E-state index contributed by atoms with van der Waals surface area (Å²) in [6, 6.07) is 0. The number of aliphatic carboxylic acids is 1. The summed E-state index contributed by atoms with van der Waals surface area (Å²) in [5.41, 5.74) is 0. The predicted octanol–water partition coefficient (Wildman–Crippen LogP) is -2.63. The van der Waals surface area contributed by atoms with Crippen LogP contribution in [0.2, 0.25) is 0 Å². The number of carbonyl (C=O) groups is 1. The molecule has 3 saturated heterocycles. The zero-order valence-electron chi connectivity index (χ0n) is 22.5. The van der Waals surface area contributed by atoms with Crippen LogP contribution < -0.4 is 0 Å². The zero-order valence-corrected chi connectivity index (χ0v) is 22.5. The number of hydrogen-bond acceptors (Lipinski definition) is 13. The highest BCUT2D eigenvalue weighted by Crippen LogP contribution is 2.51. The Morgan fingerprint density at radius 2 is 1.43 bits per heavy atom. The molecule has 5 aliphatic rings. The summed E-state index contributed by atoms with van der Waals surface area (Å²) >= 11 is 0. The van der Waals surface area contributed by atoms with Crippen molar-refractivity contribution in [2.75, 3.05) is 20.8 Å². The van der Waals surface area contributed by atoms with Gasteiger partial charge in [0, 0.05) is 26.6 Å². The van der Waals surface area contributed by atoms with Gasteiger partial charge in [0.25, 0.3) is 0 Å². The molecule has 0 aromatic rings. The average molecular weight is 579 g/mol. The van der Waals surface area contributed by atoms with Gasteiger partial charge in [0.15, 0.2) is 12.4 Å². The lowest BCUT2D eigenvalue weighted by Gasteiger charge is -2.58. The molecule has 0 radical (unpaired) electrons. The number of carboxylic acids is 1. The Morgan fingerprint density at radius 1 is 0.800 bits per heavy atom. The average Bonchev–Trinajstić information content (AvgIpc) is 2.93. The lowest BCUT2D eigenvalue weighted by molar-refractivity contribution is -0.351. The van der Waals surface area contributed by atoms with Crippen molar-refractivity contribution >= 4 is 5.97 Å². The van der Waals surface area contributed by atoms with Crippen LogP contribution in [0.1, 0.15) is 32.1 Å². The van der Waals surface area contributed by atoms with Gasteiger partial charge in [0.2, 0.25) is 0 Å². The Hall–Kier alpha value is -1.01. The van der Waals surface area contributed by atoms with Gasteiger partial charge in [-0.15, -0.1) is 0 Å². The van der Waals surface area contributed by atoms with E-state index in [0.29, 0.717) is 19.3 Å². The number of carboxylic acid groups (broad SMARTS) is 1. The standard InChI is InChI=1S/C26H42O14/c1-35-14-3-9(4-15(36-2)19(14)29)23-24(40-26-22(32)21(31)20(30)17(8-27)39-26)11-7-16(25(33)34)37-12-5-10(28)6-13(38-23)18(11)12/h9-24,26-32H,3-8H2,1-2H3,(H,33,34). The second kappa shape index (κ2) is 12.3. The normalized spacial score (nSPS) is 53.0. The summed E-state index contributed by atoms with van der Waals surface area (Å²) in [6.07, 6.45) is -12.8. The van der Waals surface area contributed by atoms with E-state index in [9.17, 15) is 40.5 Å². The van der Waals surface area contributed by atoms with Crippen molar-refractivity contribution in [1.82, 2.24) is 0 Å². The summed E-state index contributed by atoms with van der Waals surface area (Å²) in [5, 5.41) is 72.3.